The van der Waals surface area contributed by atoms with E-state index in [-0.39, 0.29) is 5.41 Å². The molecule has 0 aliphatic heterocycles. The lowest BCUT2D eigenvalue weighted by Crippen LogP contribution is -2.57. The van der Waals surface area contributed by atoms with Crippen molar-refractivity contribution in [3.05, 3.63) is 0 Å². The zero-order valence-corrected chi connectivity index (χ0v) is 13.1. The van der Waals surface area contributed by atoms with E-state index < -0.39 is 5.60 Å². The van der Waals surface area contributed by atoms with Crippen LogP contribution in [0.5, 0.6) is 0 Å². The summed E-state index contributed by atoms with van der Waals surface area (Å²) in [4.78, 5) is 0. The summed E-state index contributed by atoms with van der Waals surface area (Å²) in [5.74, 6) is 3.86. The Labute approximate surface area is 119 Å². The fraction of sp³-hybridized carbons (Fsp3) is 0.889. The van der Waals surface area contributed by atoms with Gasteiger partial charge in [0.1, 0.15) is 0 Å². The number of aliphatic hydroxyl groups is 1. The number of terminal acetylenes is 1. The van der Waals surface area contributed by atoms with Gasteiger partial charge in [-0.1, -0.05) is 27.2 Å². The van der Waals surface area contributed by atoms with E-state index in [0.29, 0.717) is 11.3 Å². The number of rotatable bonds is 2. The van der Waals surface area contributed by atoms with Crippen molar-refractivity contribution in [1.29, 1.82) is 0 Å². The molecular formula is C18H30O. The average Bonchev–Trinajstić information content (AvgIpc) is 2.26. The second-order valence-electron chi connectivity index (χ2n) is 8.09. The fourth-order valence-corrected chi connectivity index (χ4v) is 5.49. The maximum absolute atomic E-state index is 10.9. The van der Waals surface area contributed by atoms with Gasteiger partial charge < -0.3 is 5.11 Å². The normalized spacial score (nSPS) is 45.3. The molecule has 0 amide bonds. The van der Waals surface area contributed by atoms with Crippen molar-refractivity contribution in [2.75, 3.05) is 0 Å². The van der Waals surface area contributed by atoms with Gasteiger partial charge >= 0.3 is 0 Å². The molecule has 0 aromatic rings. The Bertz CT molecular complexity index is 374. The van der Waals surface area contributed by atoms with Gasteiger partial charge in [0, 0.05) is 6.42 Å². The summed E-state index contributed by atoms with van der Waals surface area (Å²) in [6.45, 7) is 9.31. The van der Waals surface area contributed by atoms with Crippen molar-refractivity contribution in [2.24, 2.45) is 22.7 Å². The van der Waals surface area contributed by atoms with Crippen LogP contribution in [0.4, 0.5) is 0 Å². The SMILES string of the molecule is C#CCC[C@@H]1[C@@]2(C)CCCC(C)(C)[C@@H]2CC[C@]1(C)O. The molecule has 0 unspecified atom stereocenters. The third-order valence-corrected chi connectivity index (χ3v) is 6.34. The van der Waals surface area contributed by atoms with Crippen molar-refractivity contribution < 1.29 is 5.11 Å². The van der Waals surface area contributed by atoms with Gasteiger partial charge in [-0.05, 0) is 61.7 Å². The van der Waals surface area contributed by atoms with Crippen LogP contribution in [0.15, 0.2) is 0 Å². The minimum Gasteiger partial charge on any atom is -0.390 e. The smallest absolute Gasteiger partial charge is 0.0653 e. The first-order valence-corrected chi connectivity index (χ1v) is 7.90. The van der Waals surface area contributed by atoms with E-state index in [1.165, 1.54) is 25.7 Å². The third-order valence-electron chi connectivity index (χ3n) is 6.34. The van der Waals surface area contributed by atoms with Crippen molar-refractivity contribution in [1.82, 2.24) is 0 Å². The van der Waals surface area contributed by atoms with E-state index in [4.69, 9.17) is 6.42 Å². The Morgan fingerprint density at radius 3 is 2.47 bits per heavy atom. The Morgan fingerprint density at radius 1 is 1.16 bits per heavy atom. The molecule has 1 N–H and O–H groups in total. The zero-order chi connectivity index (χ0) is 14.3. The van der Waals surface area contributed by atoms with Gasteiger partial charge in [-0.3, -0.25) is 0 Å². The molecule has 19 heavy (non-hydrogen) atoms. The minimum absolute atomic E-state index is 0.264. The van der Waals surface area contributed by atoms with Gasteiger partial charge in [-0.15, -0.1) is 12.3 Å². The Morgan fingerprint density at radius 2 is 1.84 bits per heavy atom. The first kappa shape index (κ1) is 14.9. The van der Waals surface area contributed by atoms with Crippen LogP contribution < -0.4 is 0 Å². The van der Waals surface area contributed by atoms with Gasteiger partial charge in [0.25, 0.3) is 0 Å². The van der Waals surface area contributed by atoms with Crippen LogP contribution in [-0.2, 0) is 0 Å². The molecule has 0 aromatic heterocycles. The van der Waals surface area contributed by atoms with E-state index in [1.54, 1.807) is 0 Å². The summed E-state index contributed by atoms with van der Waals surface area (Å²) in [5, 5.41) is 10.9. The molecule has 2 saturated carbocycles. The van der Waals surface area contributed by atoms with Crippen LogP contribution >= 0.6 is 0 Å². The summed E-state index contributed by atoms with van der Waals surface area (Å²) < 4.78 is 0. The van der Waals surface area contributed by atoms with E-state index in [1.807, 2.05) is 6.92 Å². The second-order valence-corrected chi connectivity index (χ2v) is 8.09. The highest BCUT2D eigenvalue weighted by Gasteiger charge is 2.57. The first-order valence-electron chi connectivity index (χ1n) is 7.90. The highest BCUT2D eigenvalue weighted by molar-refractivity contribution is 5.08. The Kier molecular flexibility index (Phi) is 3.78. The molecule has 0 radical (unpaired) electrons. The molecule has 0 bridgehead atoms. The molecule has 1 heteroatoms. The standard InChI is InChI=1S/C18H30O/c1-6-7-9-15-17(4)12-8-11-16(2,3)14(17)10-13-18(15,5)19/h1,14-15,19H,7-13H2,2-5H3/t14-,15+,17-,18-/m0/s1. The lowest BCUT2D eigenvalue weighted by atomic mass is 9.45. The highest BCUT2D eigenvalue weighted by atomic mass is 16.3. The summed E-state index contributed by atoms with van der Waals surface area (Å²) in [6, 6.07) is 0. The Balaban J connectivity index is 2.33. The van der Waals surface area contributed by atoms with Crippen LogP contribution in [0.25, 0.3) is 0 Å². The van der Waals surface area contributed by atoms with Crippen LogP contribution in [0.2, 0.25) is 0 Å². The van der Waals surface area contributed by atoms with Crippen molar-refractivity contribution in [3.63, 3.8) is 0 Å². The summed E-state index contributed by atoms with van der Waals surface area (Å²) in [5.41, 5.74) is 0.147. The van der Waals surface area contributed by atoms with Crippen molar-refractivity contribution >= 4 is 0 Å². The molecule has 0 aromatic carbocycles. The largest absolute Gasteiger partial charge is 0.390 e. The van der Waals surface area contributed by atoms with Crippen LogP contribution in [0, 0.1) is 35.0 Å². The molecule has 1 nitrogen and oxygen atoms in total. The van der Waals surface area contributed by atoms with Gasteiger partial charge in [0.2, 0.25) is 0 Å². The molecule has 0 saturated heterocycles. The summed E-state index contributed by atoms with van der Waals surface area (Å²) >= 11 is 0. The molecule has 108 valence electrons. The first-order chi connectivity index (χ1) is 8.74. The number of hydrogen-bond donors (Lipinski definition) is 1. The van der Waals surface area contributed by atoms with Gasteiger partial charge in [-0.2, -0.15) is 0 Å². The van der Waals surface area contributed by atoms with Crippen molar-refractivity contribution in [2.45, 2.75) is 78.2 Å². The van der Waals surface area contributed by atoms with E-state index in [9.17, 15) is 5.11 Å². The molecule has 2 aliphatic carbocycles. The van der Waals surface area contributed by atoms with Crippen LogP contribution in [0.1, 0.15) is 72.6 Å². The number of hydrogen-bond acceptors (Lipinski definition) is 1. The molecule has 4 atom stereocenters. The number of fused-ring (bicyclic) bond motifs is 1. The lowest BCUT2D eigenvalue weighted by molar-refractivity contribution is -0.168. The van der Waals surface area contributed by atoms with Crippen LogP contribution in [0.3, 0.4) is 0 Å². The average molecular weight is 262 g/mol. The molecule has 0 heterocycles. The maximum atomic E-state index is 10.9. The second kappa shape index (κ2) is 4.81. The van der Waals surface area contributed by atoms with E-state index >= 15 is 0 Å². The fourth-order valence-electron chi connectivity index (χ4n) is 5.49. The molecule has 2 fully saturated rings. The van der Waals surface area contributed by atoms with Crippen LogP contribution in [-0.4, -0.2) is 10.7 Å². The predicted molar refractivity (Wildman–Crippen MR) is 80.6 cm³/mol. The van der Waals surface area contributed by atoms with Gasteiger partial charge in [0.15, 0.2) is 0 Å². The monoisotopic (exact) mass is 262 g/mol. The van der Waals surface area contributed by atoms with E-state index in [0.717, 1.165) is 25.2 Å². The molecule has 2 aliphatic rings. The predicted octanol–water partition coefficient (Wildman–Crippen LogP) is 4.39. The van der Waals surface area contributed by atoms with Gasteiger partial charge in [0.05, 0.1) is 5.60 Å². The lowest BCUT2D eigenvalue weighted by Gasteiger charge is -2.61. The van der Waals surface area contributed by atoms with Gasteiger partial charge in [-0.25, -0.2) is 0 Å². The zero-order valence-electron chi connectivity index (χ0n) is 13.1. The maximum Gasteiger partial charge on any atom is 0.0653 e. The third kappa shape index (κ3) is 2.45. The highest BCUT2D eigenvalue weighted by Crippen LogP contribution is 2.62. The van der Waals surface area contributed by atoms with Crippen molar-refractivity contribution in [3.8, 4) is 12.3 Å². The molecule has 0 spiro atoms. The quantitative estimate of drug-likeness (QED) is 0.732. The minimum atomic E-state index is -0.532. The van der Waals surface area contributed by atoms with E-state index in [2.05, 4.69) is 26.7 Å². The topological polar surface area (TPSA) is 20.2 Å². The molecular weight excluding hydrogens is 232 g/mol. The Hall–Kier alpha value is -0.480. The molecule has 2 rings (SSSR count). The summed E-state index contributed by atoms with van der Waals surface area (Å²) in [7, 11) is 0. The summed E-state index contributed by atoms with van der Waals surface area (Å²) in [6.07, 6.45) is 13.2.